The summed E-state index contributed by atoms with van der Waals surface area (Å²) in [7, 11) is 0. The van der Waals surface area contributed by atoms with Gasteiger partial charge in [0.2, 0.25) is 11.7 Å². The quantitative estimate of drug-likeness (QED) is 0.859. The van der Waals surface area contributed by atoms with Crippen LogP contribution in [-0.2, 0) is 9.53 Å². The number of nitrogens with zero attached hydrogens (tertiary/aromatic N) is 5. The summed E-state index contributed by atoms with van der Waals surface area (Å²) in [5.74, 6) is 0.512. The zero-order chi connectivity index (χ0) is 16.4. The third-order valence-corrected chi connectivity index (χ3v) is 3.90. The minimum atomic E-state index is -0.488. The van der Waals surface area contributed by atoms with E-state index in [1.54, 1.807) is 6.92 Å². The van der Waals surface area contributed by atoms with Crippen LogP contribution >= 0.6 is 0 Å². The van der Waals surface area contributed by atoms with Gasteiger partial charge in [0.15, 0.2) is 0 Å². The molecule has 23 heavy (non-hydrogen) atoms. The van der Waals surface area contributed by atoms with Crippen LogP contribution < -0.4 is 0 Å². The predicted octanol–water partition coefficient (Wildman–Crippen LogP) is 1.54. The number of carbonyl (C=O) groups is 1. The monoisotopic (exact) mass is 315 g/mol. The van der Waals surface area contributed by atoms with Crippen LogP contribution in [0.15, 0.2) is 30.3 Å². The molecule has 1 aliphatic heterocycles. The second-order valence-corrected chi connectivity index (χ2v) is 5.98. The van der Waals surface area contributed by atoms with Gasteiger partial charge in [-0.25, -0.2) is 0 Å². The highest BCUT2D eigenvalue weighted by atomic mass is 16.5. The molecule has 1 aromatic heterocycles. The Labute approximate surface area is 135 Å². The van der Waals surface area contributed by atoms with Crippen LogP contribution in [-0.4, -0.2) is 56.3 Å². The summed E-state index contributed by atoms with van der Waals surface area (Å²) >= 11 is 0. The van der Waals surface area contributed by atoms with E-state index in [1.807, 2.05) is 49.1 Å². The van der Waals surface area contributed by atoms with E-state index in [0.717, 1.165) is 5.56 Å². The van der Waals surface area contributed by atoms with Gasteiger partial charge in [-0.2, -0.15) is 4.80 Å². The molecule has 1 aliphatic rings. The Morgan fingerprint density at radius 1 is 1.22 bits per heavy atom. The zero-order valence-corrected chi connectivity index (χ0v) is 13.6. The summed E-state index contributed by atoms with van der Waals surface area (Å²) in [5, 5.41) is 12.4. The van der Waals surface area contributed by atoms with Gasteiger partial charge in [0.05, 0.1) is 12.2 Å². The lowest BCUT2D eigenvalue weighted by Gasteiger charge is -2.36. The van der Waals surface area contributed by atoms with E-state index in [4.69, 9.17) is 4.74 Å². The van der Waals surface area contributed by atoms with Crippen LogP contribution in [0.4, 0.5) is 0 Å². The second kappa shape index (κ2) is 6.45. The number of ether oxygens (including phenoxy) is 1. The van der Waals surface area contributed by atoms with Crippen molar-refractivity contribution in [2.45, 2.75) is 39.0 Å². The molecule has 7 nitrogen and oxygen atoms in total. The number of rotatable bonds is 3. The largest absolute Gasteiger partial charge is 0.372 e. The van der Waals surface area contributed by atoms with E-state index in [0.29, 0.717) is 18.9 Å². The SMILES string of the molecule is CC1CN(C(=O)C(C)n2nnc(-c3ccccc3)n2)CC(C)O1. The predicted molar refractivity (Wildman–Crippen MR) is 84.6 cm³/mol. The third kappa shape index (κ3) is 3.39. The maximum Gasteiger partial charge on any atom is 0.249 e. The Hall–Kier alpha value is -2.28. The lowest BCUT2D eigenvalue weighted by molar-refractivity contribution is -0.146. The number of amides is 1. The van der Waals surface area contributed by atoms with E-state index >= 15 is 0 Å². The average molecular weight is 315 g/mol. The van der Waals surface area contributed by atoms with Gasteiger partial charge in [-0.3, -0.25) is 4.79 Å². The molecule has 0 N–H and O–H groups in total. The van der Waals surface area contributed by atoms with Crippen LogP contribution in [0, 0.1) is 0 Å². The fraction of sp³-hybridized carbons (Fsp3) is 0.500. The van der Waals surface area contributed by atoms with Gasteiger partial charge < -0.3 is 9.64 Å². The molecule has 3 atom stereocenters. The fourth-order valence-electron chi connectivity index (χ4n) is 2.81. The Morgan fingerprint density at radius 3 is 2.52 bits per heavy atom. The molecule has 2 heterocycles. The van der Waals surface area contributed by atoms with Crippen molar-refractivity contribution in [3.63, 3.8) is 0 Å². The first kappa shape index (κ1) is 15.6. The summed E-state index contributed by atoms with van der Waals surface area (Å²) in [6.07, 6.45) is 0.0805. The van der Waals surface area contributed by atoms with E-state index in [1.165, 1.54) is 4.80 Å². The molecule has 1 fully saturated rings. The van der Waals surface area contributed by atoms with E-state index in [2.05, 4.69) is 15.4 Å². The molecular formula is C16H21N5O2. The molecule has 1 amide bonds. The molecule has 0 radical (unpaired) electrons. The molecule has 3 unspecified atom stereocenters. The van der Waals surface area contributed by atoms with Crippen molar-refractivity contribution in [1.29, 1.82) is 0 Å². The van der Waals surface area contributed by atoms with Gasteiger partial charge in [0.25, 0.3) is 0 Å². The molecule has 1 saturated heterocycles. The van der Waals surface area contributed by atoms with E-state index in [-0.39, 0.29) is 18.1 Å². The number of morpholine rings is 1. The summed E-state index contributed by atoms with van der Waals surface area (Å²) in [6.45, 7) is 6.93. The third-order valence-electron chi connectivity index (χ3n) is 3.90. The van der Waals surface area contributed by atoms with Crippen molar-refractivity contribution >= 4 is 5.91 Å². The minimum absolute atomic E-state index is 0.0102. The van der Waals surface area contributed by atoms with Crippen molar-refractivity contribution < 1.29 is 9.53 Å². The molecule has 122 valence electrons. The van der Waals surface area contributed by atoms with Crippen LogP contribution in [0.1, 0.15) is 26.8 Å². The van der Waals surface area contributed by atoms with Crippen molar-refractivity contribution in [3.8, 4) is 11.4 Å². The van der Waals surface area contributed by atoms with Gasteiger partial charge in [0, 0.05) is 18.7 Å². The normalized spacial score (nSPS) is 22.8. The number of aromatic nitrogens is 4. The first-order chi connectivity index (χ1) is 11.0. The van der Waals surface area contributed by atoms with Gasteiger partial charge in [-0.15, -0.1) is 10.2 Å². The summed E-state index contributed by atoms with van der Waals surface area (Å²) in [4.78, 5) is 15.9. The first-order valence-corrected chi connectivity index (χ1v) is 7.83. The van der Waals surface area contributed by atoms with Crippen molar-refractivity contribution in [3.05, 3.63) is 30.3 Å². The minimum Gasteiger partial charge on any atom is -0.372 e. The number of carbonyl (C=O) groups excluding carboxylic acids is 1. The Kier molecular flexibility index (Phi) is 4.38. The van der Waals surface area contributed by atoms with Crippen molar-refractivity contribution in [2.24, 2.45) is 0 Å². The van der Waals surface area contributed by atoms with Gasteiger partial charge in [-0.05, 0) is 26.0 Å². The molecule has 1 aromatic carbocycles. The van der Waals surface area contributed by atoms with Crippen molar-refractivity contribution in [1.82, 2.24) is 25.1 Å². The van der Waals surface area contributed by atoms with Crippen LogP contribution in [0.25, 0.3) is 11.4 Å². The maximum atomic E-state index is 12.7. The summed E-state index contributed by atoms with van der Waals surface area (Å²) < 4.78 is 5.67. The lowest BCUT2D eigenvalue weighted by atomic mass is 10.2. The number of hydrogen-bond donors (Lipinski definition) is 0. The maximum absolute atomic E-state index is 12.7. The smallest absolute Gasteiger partial charge is 0.249 e. The molecule has 0 saturated carbocycles. The van der Waals surface area contributed by atoms with Crippen LogP contribution in [0.3, 0.4) is 0 Å². The van der Waals surface area contributed by atoms with Crippen molar-refractivity contribution in [2.75, 3.05) is 13.1 Å². The fourth-order valence-corrected chi connectivity index (χ4v) is 2.81. The molecule has 0 aliphatic carbocycles. The highest BCUT2D eigenvalue weighted by molar-refractivity contribution is 5.80. The Bertz CT molecular complexity index is 662. The molecule has 0 spiro atoms. The van der Waals surface area contributed by atoms with E-state index < -0.39 is 6.04 Å². The standard InChI is InChI=1S/C16H21N5O2/c1-11-9-20(10-12(2)23-11)16(22)13(3)21-18-15(17-19-21)14-7-5-4-6-8-14/h4-8,11-13H,9-10H2,1-3H3. The van der Waals surface area contributed by atoms with Crippen LogP contribution in [0.5, 0.6) is 0 Å². The molecule has 0 bridgehead atoms. The number of tetrazole rings is 1. The van der Waals surface area contributed by atoms with Gasteiger partial charge in [-0.1, -0.05) is 30.3 Å². The average Bonchev–Trinajstić information content (AvgIpc) is 3.03. The Morgan fingerprint density at radius 2 is 1.87 bits per heavy atom. The number of benzene rings is 1. The first-order valence-electron chi connectivity index (χ1n) is 7.83. The van der Waals surface area contributed by atoms with E-state index in [9.17, 15) is 4.79 Å². The lowest BCUT2D eigenvalue weighted by Crippen LogP contribution is -2.50. The number of hydrogen-bond acceptors (Lipinski definition) is 5. The highest BCUT2D eigenvalue weighted by Crippen LogP contribution is 2.17. The second-order valence-electron chi connectivity index (χ2n) is 5.98. The Balaban J connectivity index is 1.74. The molecule has 7 heteroatoms. The highest BCUT2D eigenvalue weighted by Gasteiger charge is 2.30. The summed E-state index contributed by atoms with van der Waals surface area (Å²) in [5.41, 5.74) is 0.881. The summed E-state index contributed by atoms with van der Waals surface area (Å²) in [6, 6.07) is 9.11. The van der Waals surface area contributed by atoms with Crippen LogP contribution in [0.2, 0.25) is 0 Å². The molecular weight excluding hydrogens is 294 g/mol. The van der Waals surface area contributed by atoms with Gasteiger partial charge in [0.1, 0.15) is 6.04 Å². The molecule has 2 aromatic rings. The van der Waals surface area contributed by atoms with Gasteiger partial charge >= 0.3 is 0 Å². The zero-order valence-electron chi connectivity index (χ0n) is 13.6. The molecule has 3 rings (SSSR count). The topological polar surface area (TPSA) is 73.1 Å².